The van der Waals surface area contributed by atoms with Crippen LogP contribution in [0.5, 0.6) is 0 Å². The summed E-state index contributed by atoms with van der Waals surface area (Å²) in [4.78, 5) is 0. The fourth-order valence-electron chi connectivity index (χ4n) is 1.74. The fraction of sp³-hybridized carbons (Fsp3) is 0.400. The van der Waals surface area contributed by atoms with Crippen molar-refractivity contribution in [2.45, 2.75) is 12.0 Å². The molecule has 1 fully saturated rings. The lowest BCUT2D eigenvalue weighted by molar-refractivity contribution is 0.178. The molecule has 2 N–H and O–H groups in total. The molecule has 2 rings (SSSR count). The maximum Gasteiger partial charge on any atom is 0.0745 e. The molecule has 0 aliphatic carbocycles. The van der Waals surface area contributed by atoms with Crippen molar-refractivity contribution in [2.24, 2.45) is 0 Å². The number of halogens is 1. The molecule has 0 aromatic heterocycles. The van der Waals surface area contributed by atoms with Crippen LogP contribution in [0.25, 0.3) is 0 Å². The number of hydrogen-bond donors (Lipinski definition) is 2. The first-order chi connectivity index (χ1) is 6.27. The predicted molar refractivity (Wildman–Crippen MR) is 55.8 cm³/mol. The summed E-state index contributed by atoms with van der Waals surface area (Å²) in [5, 5.41) is 12.8. The molecule has 1 saturated heterocycles. The first kappa shape index (κ1) is 9.19. The molecule has 1 aliphatic rings. The number of hydrogen-bond acceptors (Lipinski definition) is 2. The van der Waals surface area contributed by atoms with E-state index < -0.39 is 0 Å². The third kappa shape index (κ3) is 1.93. The molecular weight excluding hydrogens is 230 g/mol. The minimum Gasteiger partial charge on any atom is -0.391 e. The molecule has 0 amide bonds. The van der Waals surface area contributed by atoms with E-state index in [-0.39, 0.29) is 12.0 Å². The molecule has 0 bridgehead atoms. The summed E-state index contributed by atoms with van der Waals surface area (Å²) in [5.41, 5.74) is 1.20. The van der Waals surface area contributed by atoms with Crippen molar-refractivity contribution in [3.05, 3.63) is 34.3 Å². The molecular formula is C10H12BrNO. The molecule has 13 heavy (non-hydrogen) atoms. The van der Waals surface area contributed by atoms with Gasteiger partial charge < -0.3 is 10.4 Å². The van der Waals surface area contributed by atoms with E-state index in [0.29, 0.717) is 6.54 Å². The fourth-order valence-corrected chi connectivity index (χ4v) is 2.16. The molecule has 0 radical (unpaired) electrons. The first-order valence-corrected chi connectivity index (χ1v) is 5.21. The number of aliphatic hydroxyl groups is 1. The average molecular weight is 242 g/mol. The Hall–Kier alpha value is -0.380. The molecule has 3 heteroatoms. The quantitative estimate of drug-likeness (QED) is 0.782. The third-order valence-electron chi connectivity index (χ3n) is 2.46. The maximum atomic E-state index is 9.66. The van der Waals surface area contributed by atoms with Crippen molar-refractivity contribution in [3.63, 3.8) is 0 Å². The van der Waals surface area contributed by atoms with Crippen LogP contribution in [0, 0.1) is 0 Å². The van der Waals surface area contributed by atoms with Gasteiger partial charge in [-0.3, -0.25) is 0 Å². The van der Waals surface area contributed by atoms with Crippen molar-refractivity contribution < 1.29 is 5.11 Å². The second-order valence-electron chi connectivity index (χ2n) is 3.39. The van der Waals surface area contributed by atoms with Crippen molar-refractivity contribution in [3.8, 4) is 0 Å². The lowest BCUT2D eigenvalue weighted by Crippen LogP contribution is -2.15. The maximum absolute atomic E-state index is 9.66. The molecule has 2 unspecified atom stereocenters. The summed E-state index contributed by atoms with van der Waals surface area (Å²) in [5.74, 6) is 0.248. The van der Waals surface area contributed by atoms with Crippen LogP contribution < -0.4 is 5.32 Å². The van der Waals surface area contributed by atoms with Gasteiger partial charge in [-0.05, 0) is 17.7 Å². The standard InChI is InChI=1S/C10H12BrNO/c11-8-3-1-2-7(4-8)9-5-12-6-10(9)13/h1-4,9-10,12-13H,5-6H2. The van der Waals surface area contributed by atoms with Crippen molar-refractivity contribution in [2.75, 3.05) is 13.1 Å². The van der Waals surface area contributed by atoms with Gasteiger partial charge in [0.1, 0.15) is 0 Å². The van der Waals surface area contributed by atoms with E-state index >= 15 is 0 Å². The highest BCUT2D eigenvalue weighted by Gasteiger charge is 2.26. The Bertz CT molecular complexity index is 303. The predicted octanol–water partition coefficient (Wildman–Crippen LogP) is 1.50. The second kappa shape index (κ2) is 3.78. The number of aliphatic hydroxyl groups excluding tert-OH is 1. The summed E-state index contributed by atoms with van der Waals surface area (Å²) in [7, 11) is 0. The summed E-state index contributed by atoms with van der Waals surface area (Å²) >= 11 is 3.43. The molecule has 0 spiro atoms. The molecule has 1 aromatic rings. The molecule has 2 atom stereocenters. The third-order valence-corrected chi connectivity index (χ3v) is 2.95. The Morgan fingerprint density at radius 2 is 2.23 bits per heavy atom. The van der Waals surface area contributed by atoms with Crippen molar-refractivity contribution in [1.29, 1.82) is 0 Å². The topological polar surface area (TPSA) is 32.3 Å². The highest BCUT2D eigenvalue weighted by atomic mass is 79.9. The van der Waals surface area contributed by atoms with Gasteiger partial charge in [0.25, 0.3) is 0 Å². The Balaban J connectivity index is 2.24. The van der Waals surface area contributed by atoms with Crippen molar-refractivity contribution >= 4 is 15.9 Å². The molecule has 1 heterocycles. The molecule has 1 aromatic carbocycles. The zero-order chi connectivity index (χ0) is 9.26. The minimum absolute atomic E-state index is 0.241. The van der Waals surface area contributed by atoms with E-state index in [1.54, 1.807) is 0 Å². The van der Waals surface area contributed by atoms with Crippen LogP contribution in [0.4, 0.5) is 0 Å². The minimum atomic E-state index is -0.241. The van der Waals surface area contributed by atoms with E-state index in [1.807, 2.05) is 12.1 Å². The Morgan fingerprint density at radius 3 is 2.85 bits per heavy atom. The highest BCUT2D eigenvalue weighted by molar-refractivity contribution is 9.10. The molecule has 2 nitrogen and oxygen atoms in total. The van der Waals surface area contributed by atoms with Gasteiger partial charge in [0.15, 0.2) is 0 Å². The van der Waals surface area contributed by atoms with E-state index in [2.05, 4.69) is 33.4 Å². The zero-order valence-corrected chi connectivity index (χ0v) is 8.79. The van der Waals surface area contributed by atoms with E-state index in [0.717, 1.165) is 11.0 Å². The van der Waals surface area contributed by atoms with Gasteiger partial charge in [-0.1, -0.05) is 28.1 Å². The van der Waals surface area contributed by atoms with Gasteiger partial charge in [0, 0.05) is 23.5 Å². The second-order valence-corrected chi connectivity index (χ2v) is 4.30. The van der Waals surface area contributed by atoms with Gasteiger partial charge in [-0.2, -0.15) is 0 Å². The highest BCUT2D eigenvalue weighted by Crippen LogP contribution is 2.24. The van der Waals surface area contributed by atoms with Gasteiger partial charge >= 0.3 is 0 Å². The van der Waals surface area contributed by atoms with E-state index in [4.69, 9.17) is 0 Å². The number of nitrogens with one attached hydrogen (secondary N) is 1. The van der Waals surface area contributed by atoms with Gasteiger partial charge in [-0.15, -0.1) is 0 Å². The zero-order valence-electron chi connectivity index (χ0n) is 7.20. The Kier molecular flexibility index (Phi) is 2.67. The van der Waals surface area contributed by atoms with Crippen LogP contribution in [-0.4, -0.2) is 24.3 Å². The largest absolute Gasteiger partial charge is 0.391 e. The summed E-state index contributed by atoms with van der Waals surface area (Å²) in [6.45, 7) is 1.58. The normalized spacial score (nSPS) is 27.8. The van der Waals surface area contributed by atoms with E-state index in [1.165, 1.54) is 5.56 Å². The van der Waals surface area contributed by atoms with Crippen LogP contribution in [0.2, 0.25) is 0 Å². The Labute approximate surface area is 86.1 Å². The smallest absolute Gasteiger partial charge is 0.0745 e. The Morgan fingerprint density at radius 1 is 1.38 bits per heavy atom. The summed E-state index contributed by atoms with van der Waals surface area (Å²) in [6, 6.07) is 8.13. The molecule has 0 saturated carbocycles. The van der Waals surface area contributed by atoms with Crippen LogP contribution in [0.3, 0.4) is 0 Å². The van der Waals surface area contributed by atoms with Crippen LogP contribution in [-0.2, 0) is 0 Å². The van der Waals surface area contributed by atoms with Crippen molar-refractivity contribution in [1.82, 2.24) is 5.32 Å². The summed E-state index contributed by atoms with van der Waals surface area (Å²) in [6.07, 6.45) is -0.241. The number of β-amino-alcohol motifs (C(OH)–C–C–N with tert-alkyl or cyclic N) is 1. The lowest BCUT2D eigenvalue weighted by atomic mass is 9.96. The SMILES string of the molecule is OC1CNCC1c1cccc(Br)c1. The number of benzene rings is 1. The van der Waals surface area contributed by atoms with Crippen LogP contribution >= 0.6 is 15.9 Å². The summed E-state index contributed by atoms with van der Waals surface area (Å²) < 4.78 is 1.07. The average Bonchev–Trinajstić information content (AvgIpc) is 2.51. The lowest BCUT2D eigenvalue weighted by Gasteiger charge is -2.13. The van der Waals surface area contributed by atoms with Gasteiger partial charge in [0.05, 0.1) is 6.10 Å². The molecule has 70 valence electrons. The van der Waals surface area contributed by atoms with Crippen LogP contribution in [0.1, 0.15) is 11.5 Å². The first-order valence-electron chi connectivity index (χ1n) is 4.41. The van der Waals surface area contributed by atoms with Crippen LogP contribution in [0.15, 0.2) is 28.7 Å². The van der Waals surface area contributed by atoms with Gasteiger partial charge in [-0.25, -0.2) is 0 Å². The molecule has 1 aliphatic heterocycles. The monoisotopic (exact) mass is 241 g/mol. The number of rotatable bonds is 1. The van der Waals surface area contributed by atoms with Gasteiger partial charge in [0.2, 0.25) is 0 Å². The van der Waals surface area contributed by atoms with E-state index in [9.17, 15) is 5.11 Å².